The highest BCUT2D eigenvalue weighted by atomic mass is 32.1. The monoisotopic (exact) mass is 215 g/mol. The molecule has 82 valence electrons. The Labute approximate surface area is 92.6 Å². The Balaban J connectivity index is 2.51. The Morgan fingerprint density at radius 1 is 1.36 bits per heavy atom. The van der Waals surface area contributed by atoms with Crippen LogP contribution in [0.25, 0.3) is 0 Å². The number of likely N-dealkylation sites (tertiary alicyclic amines) is 1. The molecule has 1 fully saturated rings. The lowest BCUT2D eigenvalue weighted by molar-refractivity contribution is 0.132. The number of thiocarbonyl (C=S) groups is 1. The molecule has 0 aromatic rings. The Morgan fingerprint density at radius 3 is 2.57 bits per heavy atom. The van der Waals surface area contributed by atoms with E-state index in [-0.39, 0.29) is 6.10 Å². The second kappa shape index (κ2) is 4.96. The van der Waals surface area contributed by atoms with Gasteiger partial charge in [0.1, 0.15) is 0 Å². The molecule has 0 bridgehead atoms. The Hall–Kier alpha value is -0.310. The van der Waals surface area contributed by atoms with Gasteiger partial charge < -0.3 is 9.64 Å². The highest BCUT2D eigenvalue weighted by molar-refractivity contribution is 7.80. The average molecular weight is 215 g/mol. The van der Waals surface area contributed by atoms with E-state index >= 15 is 0 Å². The number of piperidine rings is 1. The lowest BCUT2D eigenvalue weighted by Crippen LogP contribution is -2.45. The second-order valence-corrected chi connectivity index (χ2v) is 4.97. The van der Waals surface area contributed by atoms with E-state index in [0.29, 0.717) is 11.2 Å². The van der Waals surface area contributed by atoms with Crippen molar-refractivity contribution in [2.45, 2.75) is 52.7 Å². The quantitative estimate of drug-likeness (QED) is 0.624. The van der Waals surface area contributed by atoms with Crippen molar-refractivity contribution in [2.75, 3.05) is 6.54 Å². The van der Waals surface area contributed by atoms with Crippen molar-refractivity contribution in [2.24, 2.45) is 5.92 Å². The van der Waals surface area contributed by atoms with E-state index in [1.807, 2.05) is 13.8 Å². The van der Waals surface area contributed by atoms with E-state index in [9.17, 15) is 0 Å². The largest absolute Gasteiger partial charge is 0.468 e. The molecular weight excluding hydrogens is 194 g/mol. The van der Waals surface area contributed by atoms with E-state index < -0.39 is 0 Å². The summed E-state index contributed by atoms with van der Waals surface area (Å²) in [6.07, 6.45) is 2.72. The van der Waals surface area contributed by atoms with Crippen LogP contribution in [0.1, 0.15) is 40.5 Å². The molecule has 2 nitrogen and oxygen atoms in total. The lowest BCUT2D eigenvalue weighted by Gasteiger charge is -2.38. The van der Waals surface area contributed by atoms with Crippen LogP contribution in [0, 0.1) is 5.92 Å². The highest BCUT2D eigenvalue weighted by Gasteiger charge is 2.25. The van der Waals surface area contributed by atoms with E-state index in [2.05, 4.69) is 18.7 Å². The predicted molar refractivity (Wildman–Crippen MR) is 63.4 cm³/mol. The highest BCUT2D eigenvalue weighted by Crippen LogP contribution is 2.22. The molecule has 3 heteroatoms. The third-order valence-corrected chi connectivity index (χ3v) is 3.02. The Morgan fingerprint density at radius 2 is 2.00 bits per heavy atom. The predicted octanol–water partition coefficient (Wildman–Crippen LogP) is 2.82. The van der Waals surface area contributed by atoms with Crippen molar-refractivity contribution in [3.8, 4) is 0 Å². The van der Waals surface area contributed by atoms with Crippen molar-refractivity contribution < 1.29 is 4.74 Å². The maximum absolute atomic E-state index is 5.57. The first-order valence-electron chi connectivity index (χ1n) is 5.48. The van der Waals surface area contributed by atoms with Gasteiger partial charge in [-0.15, -0.1) is 0 Å². The van der Waals surface area contributed by atoms with Crippen LogP contribution in [0.4, 0.5) is 0 Å². The summed E-state index contributed by atoms with van der Waals surface area (Å²) in [4.78, 5) is 2.23. The van der Waals surface area contributed by atoms with Gasteiger partial charge in [-0.1, -0.05) is 6.92 Å². The molecule has 0 spiro atoms. The summed E-state index contributed by atoms with van der Waals surface area (Å²) in [5.74, 6) is 0.736. The molecule has 0 saturated carbocycles. The molecule has 2 atom stereocenters. The molecule has 0 aromatic carbocycles. The van der Waals surface area contributed by atoms with E-state index in [1.165, 1.54) is 12.8 Å². The normalized spacial score (nSPS) is 27.9. The fraction of sp³-hybridized carbons (Fsp3) is 0.909. The van der Waals surface area contributed by atoms with Crippen molar-refractivity contribution in [3.05, 3.63) is 0 Å². The first-order chi connectivity index (χ1) is 6.50. The van der Waals surface area contributed by atoms with Gasteiger partial charge in [0.05, 0.1) is 6.10 Å². The van der Waals surface area contributed by atoms with Gasteiger partial charge in [0.15, 0.2) is 0 Å². The van der Waals surface area contributed by atoms with Crippen LogP contribution in [-0.2, 0) is 4.74 Å². The van der Waals surface area contributed by atoms with Crippen molar-refractivity contribution in [3.63, 3.8) is 0 Å². The van der Waals surface area contributed by atoms with Crippen LogP contribution >= 0.6 is 12.2 Å². The van der Waals surface area contributed by atoms with Gasteiger partial charge in [-0.3, -0.25) is 0 Å². The van der Waals surface area contributed by atoms with Crippen LogP contribution in [-0.4, -0.2) is 28.8 Å². The van der Waals surface area contributed by atoms with E-state index in [0.717, 1.165) is 12.5 Å². The standard InChI is InChI=1S/C11H21NOS/c1-8(2)13-11(14)12-7-9(3)5-6-10(12)4/h8-10H,5-7H2,1-4H3. The maximum atomic E-state index is 5.57. The summed E-state index contributed by atoms with van der Waals surface area (Å²) in [7, 11) is 0. The summed E-state index contributed by atoms with van der Waals surface area (Å²) in [6.45, 7) is 9.58. The molecule has 1 aliphatic rings. The summed E-state index contributed by atoms with van der Waals surface area (Å²) >= 11 is 5.28. The average Bonchev–Trinajstić information content (AvgIpc) is 2.08. The second-order valence-electron chi connectivity index (χ2n) is 4.62. The van der Waals surface area contributed by atoms with Gasteiger partial charge in [-0.2, -0.15) is 0 Å². The molecule has 2 unspecified atom stereocenters. The van der Waals surface area contributed by atoms with Crippen molar-refractivity contribution in [1.29, 1.82) is 0 Å². The molecule has 1 heterocycles. The first kappa shape index (κ1) is 11.8. The van der Waals surface area contributed by atoms with Gasteiger partial charge in [-0.25, -0.2) is 0 Å². The van der Waals surface area contributed by atoms with Crippen LogP contribution < -0.4 is 0 Å². The van der Waals surface area contributed by atoms with Crippen LogP contribution in [0.2, 0.25) is 0 Å². The zero-order valence-electron chi connectivity index (χ0n) is 9.62. The minimum Gasteiger partial charge on any atom is -0.468 e. The molecule has 0 N–H and O–H groups in total. The lowest BCUT2D eigenvalue weighted by atomic mass is 9.96. The minimum absolute atomic E-state index is 0.187. The topological polar surface area (TPSA) is 12.5 Å². The Bertz CT molecular complexity index is 205. The molecule has 0 aliphatic carbocycles. The summed E-state index contributed by atoms with van der Waals surface area (Å²) in [6, 6.07) is 0.539. The number of rotatable bonds is 1. The van der Waals surface area contributed by atoms with Gasteiger partial charge >= 0.3 is 0 Å². The van der Waals surface area contributed by atoms with Crippen molar-refractivity contribution in [1.82, 2.24) is 4.90 Å². The number of hydrogen-bond donors (Lipinski definition) is 0. The summed E-state index contributed by atoms with van der Waals surface area (Å²) in [5, 5.41) is 0.680. The zero-order chi connectivity index (χ0) is 10.7. The van der Waals surface area contributed by atoms with Gasteiger partial charge in [0.2, 0.25) is 0 Å². The van der Waals surface area contributed by atoms with Crippen LogP contribution in [0.15, 0.2) is 0 Å². The first-order valence-corrected chi connectivity index (χ1v) is 5.88. The fourth-order valence-electron chi connectivity index (χ4n) is 1.81. The van der Waals surface area contributed by atoms with Gasteiger partial charge in [0, 0.05) is 12.6 Å². The van der Waals surface area contributed by atoms with E-state index in [4.69, 9.17) is 17.0 Å². The van der Waals surface area contributed by atoms with E-state index in [1.54, 1.807) is 0 Å². The smallest absolute Gasteiger partial charge is 0.259 e. The van der Waals surface area contributed by atoms with Gasteiger partial charge in [-0.05, 0) is 51.7 Å². The third-order valence-electron chi connectivity index (χ3n) is 2.69. The molecule has 0 radical (unpaired) electrons. The van der Waals surface area contributed by atoms with Crippen molar-refractivity contribution >= 4 is 17.4 Å². The zero-order valence-corrected chi connectivity index (χ0v) is 10.4. The summed E-state index contributed by atoms with van der Waals surface area (Å²) in [5.41, 5.74) is 0. The molecule has 1 rings (SSSR count). The summed E-state index contributed by atoms with van der Waals surface area (Å²) < 4.78 is 5.57. The molecular formula is C11H21NOS. The maximum Gasteiger partial charge on any atom is 0.259 e. The van der Waals surface area contributed by atoms with Gasteiger partial charge in [0.25, 0.3) is 5.17 Å². The van der Waals surface area contributed by atoms with Crippen LogP contribution in [0.5, 0.6) is 0 Å². The fourth-order valence-corrected chi connectivity index (χ4v) is 2.26. The minimum atomic E-state index is 0.187. The number of hydrogen-bond acceptors (Lipinski definition) is 2. The molecule has 0 aromatic heterocycles. The SMILES string of the molecule is CC1CCC(C)N(C(=S)OC(C)C)C1. The molecule has 1 saturated heterocycles. The van der Waals surface area contributed by atoms with Crippen LogP contribution in [0.3, 0.4) is 0 Å². The third kappa shape index (κ3) is 3.12. The number of nitrogens with zero attached hydrogens (tertiary/aromatic N) is 1. The molecule has 14 heavy (non-hydrogen) atoms. The Kier molecular flexibility index (Phi) is 4.17. The molecule has 0 amide bonds. The molecule has 1 aliphatic heterocycles. The number of ether oxygens (including phenoxy) is 1.